The number of nitrogens with zero attached hydrogens (tertiary/aromatic N) is 7. The summed E-state index contributed by atoms with van der Waals surface area (Å²) in [5, 5.41) is 23.1. The Balaban J connectivity index is 1.36. The van der Waals surface area contributed by atoms with Crippen LogP contribution in [0.2, 0.25) is 0 Å². The first-order valence-corrected chi connectivity index (χ1v) is 12.1. The highest BCUT2D eigenvalue weighted by Crippen LogP contribution is 2.31. The van der Waals surface area contributed by atoms with Gasteiger partial charge in [-0.3, -0.25) is 0 Å². The van der Waals surface area contributed by atoms with Crippen molar-refractivity contribution in [1.82, 2.24) is 34.9 Å². The Morgan fingerprint density at radius 2 is 1.91 bits per heavy atom. The van der Waals surface area contributed by atoms with E-state index in [1.54, 1.807) is 18.5 Å². The van der Waals surface area contributed by atoms with Crippen LogP contribution in [0.5, 0.6) is 5.75 Å². The van der Waals surface area contributed by atoms with Gasteiger partial charge in [0, 0.05) is 54.4 Å². The number of fused-ring (bicyclic) bond motifs is 1. The third-order valence-electron chi connectivity index (χ3n) is 6.23. The number of imidazole rings is 1. The third kappa shape index (κ3) is 4.81. The van der Waals surface area contributed by atoms with Gasteiger partial charge in [0.1, 0.15) is 22.8 Å². The van der Waals surface area contributed by atoms with Crippen LogP contribution in [0.15, 0.2) is 36.9 Å². The SMILES string of the molecule is CCc1cc(-c2cnc(-c3cnc(N4CC[C@@H](NC(C)(C)C)C4)nn3)c(O)c2)cn2cc(C)nc12. The second-order valence-corrected chi connectivity index (χ2v) is 10.3. The molecule has 1 saturated heterocycles. The van der Waals surface area contributed by atoms with Gasteiger partial charge in [0.25, 0.3) is 0 Å². The third-order valence-corrected chi connectivity index (χ3v) is 6.23. The Labute approximate surface area is 205 Å². The molecule has 4 aromatic heterocycles. The summed E-state index contributed by atoms with van der Waals surface area (Å²) in [4.78, 5) is 15.8. The number of nitrogens with one attached hydrogen (secondary N) is 1. The van der Waals surface area contributed by atoms with E-state index >= 15 is 0 Å². The summed E-state index contributed by atoms with van der Waals surface area (Å²) >= 11 is 0. The van der Waals surface area contributed by atoms with Crippen molar-refractivity contribution in [2.24, 2.45) is 0 Å². The van der Waals surface area contributed by atoms with Crippen LogP contribution in [0.1, 0.15) is 45.4 Å². The number of aromatic nitrogens is 6. The van der Waals surface area contributed by atoms with Gasteiger partial charge in [-0.05, 0) is 58.2 Å². The number of anilines is 1. The molecule has 0 radical (unpaired) electrons. The van der Waals surface area contributed by atoms with E-state index in [0.29, 0.717) is 23.4 Å². The molecule has 182 valence electrons. The molecule has 0 saturated carbocycles. The summed E-state index contributed by atoms with van der Waals surface area (Å²) in [7, 11) is 0. The molecule has 1 aliphatic heterocycles. The van der Waals surface area contributed by atoms with Crippen LogP contribution in [-0.4, -0.2) is 59.3 Å². The second kappa shape index (κ2) is 8.88. The maximum Gasteiger partial charge on any atom is 0.245 e. The van der Waals surface area contributed by atoms with E-state index in [2.05, 4.69) is 69.1 Å². The molecular weight excluding hydrogens is 440 g/mol. The van der Waals surface area contributed by atoms with E-state index < -0.39 is 0 Å². The lowest BCUT2D eigenvalue weighted by Gasteiger charge is -2.25. The molecule has 1 atom stereocenters. The molecule has 0 unspecified atom stereocenters. The Morgan fingerprint density at radius 3 is 2.60 bits per heavy atom. The summed E-state index contributed by atoms with van der Waals surface area (Å²) < 4.78 is 2.03. The molecule has 0 spiro atoms. The van der Waals surface area contributed by atoms with E-state index in [1.165, 1.54) is 0 Å². The molecule has 0 bridgehead atoms. The number of aryl methyl sites for hydroxylation is 2. The summed E-state index contributed by atoms with van der Waals surface area (Å²) in [6.07, 6.45) is 9.30. The quantitative estimate of drug-likeness (QED) is 0.452. The molecule has 35 heavy (non-hydrogen) atoms. The van der Waals surface area contributed by atoms with Crippen LogP contribution < -0.4 is 10.2 Å². The van der Waals surface area contributed by atoms with Gasteiger partial charge in [-0.2, -0.15) is 0 Å². The van der Waals surface area contributed by atoms with Crippen molar-refractivity contribution in [3.05, 3.63) is 48.2 Å². The smallest absolute Gasteiger partial charge is 0.245 e. The van der Waals surface area contributed by atoms with Crippen LogP contribution in [0.25, 0.3) is 28.2 Å². The Bertz CT molecular complexity index is 1360. The molecule has 5 rings (SSSR count). The standard InChI is InChI=1S/C26H32N8O/c1-6-17-9-19(14-34-13-16(2)29-24(17)34)18-10-22(35)23(27-11-18)21-12-28-25(32-31-21)33-8-7-20(15-33)30-26(3,4)5/h9-14,20,30,35H,6-8,15H2,1-5H3/t20-/m1/s1. The molecule has 5 heterocycles. The van der Waals surface area contributed by atoms with Crippen LogP contribution in [0.3, 0.4) is 0 Å². The Morgan fingerprint density at radius 1 is 1.09 bits per heavy atom. The second-order valence-electron chi connectivity index (χ2n) is 10.3. The Hall–Kier alpha value is -3.59. The molecule has 0 aromatic carbocycles. The molecule has 9 heteroatoms. The van der Waals surface area contributed by atoms with Crippen LogP contribution in [0.4, 0.5) is 5.95 Å². The summed E-state index contributed by atoms with van der Waals surface area (Å²) in [6, 6.07) is 4.22. The van der Waals surface area contributed by atoms with Crippen LogP contribution >= 0.6 is 0 Å². The Kier molecular flexibility index (Phi) is 5.88. The highest BCUT2D eigenvalue weighted by molar-refractivity contribution is 5.72. The van der Waals surface area contributed by atoms with E-state index in [-0.39, 0.29) is 11.3 Å². The number of rotatable bonds is 5. The number of hydrogen-bond acceptors (Lipinski definition) is 8. The van der Waals surface area contributed by atoms with Crippen molar-refractivity contribution in [2.75, 3.05) is 18.0 Å². The lowest BCUT2D eigenvalue weighted by atomic mass is 10.1. The highest BCUT2D eigenvalue weighted by Gasteiger charge is 2.27. The fourth-order valence-electron chi connectivity index (χ4n) is 4.71. The largest absolute Gasteiger partial charge is 0.506 e. The fourth-order valence-corrected chi connectivity index (χ4v) is 4.71. The van der Waals surface area contributed by atoms with Crippen molar-refractivity contribution in [1.29, 1.82) is 0 Å². The lowest BCUT2D eigenvalue weighted by molar-refractivity contribution is 0.373. The monoisotopic (exact) mass is 472 g/mol. The maximum atomic E-state index is 10.8. The molecular formula is C26H32N8O. The number of hydrogen-bond donors (Lipinski definition) is 2. The van der Waals surface area contributed by atoms with E-state index in [1.807, 2.05) is 23.7 Å². The van der Waals surface area contributed by atoms with Gasteiger partial charge < -0.3 is 19.7 Å². The first-order chi connectivity index (χ1) is 16.7. The highest BCUT2D eigenvalue weighted by atomic mass is 16.3. The summed E-state index contributed by atoms with van der Waals surface area (Å²) in [6.45, 7) is 12.3. The van der Waals surface area contributed by atoms with Gasteiger partial charge in [-0.25, -0.2) is 15.0 Å². The van der Waals surface area contributed by atoms with Crippen molar-refractivity contribution < 1.29 is 5.11 Å². The predicted octanol–water partition coefficient (Wildman–Crippen LogP) is 3.79. The minimum Gasteiger partial charge on any atom is -0.506 e. The number of pyridine rings is 2. The average Bonchev–Trinajstić information content (AvgIpc) is 3.42. The van der Waals surface area contributed by atoms with Crippen molar-refractivity contribution in [3.63, 3.8) is 0 Å². The molecule has 2 N–H and O–H groups in total. The lowest BCUT2D eigenvalue weighted by Crippen LogP contribution is -2.45. The molecule has 4 aromatic rings. The molecule has 1 aliphatic rings. The van der Waals surface area contributed by atoms with E-state index in [0.717, 1.165) is 54.0 Å². The van der Waals surface area contributed by atoms with Gasteiger partial charge in [0.2, 0.25) is 5.95 Å². The average molecular weight is 473 g/mol. The summed E-state index contributed by atoms with van der Waals surface area (Å²) in [5.74, 6) is 0.640. The van der Waals surface area contributed by atoms with Gasteiger partial charge in [-0.15, -0.1) is 10.2 Å². The summed E-state index contributed by atoms with van der Waals surface area (Å²) in [5.41, 5.74) is 5.74. The van der Waals surface area contributed by atoms with Gasteiger partial charge in [-0.1, -0.05) is 6.92 Å². The van der Waals surface area contributed by atoms with Gasteiger partial charge in [0.15, 0.2) is 0 Å². The molecule has 1 fully saturated rings. The first-order valence-electron chi connectivity index (χ1n) is 12.1. The van der Waals surface area contributed by atoms with Crippen LogP contribution in [0, 0.1) is 6.92 Å². The van der Waals surface area contributed by atoms with Gasteiger partial charge >= 0.3 is 0 Å². The predicted molar refractivity (Wildman–Crippen MR) is 137 cm³/mol. The van der Waals surface area contributed by atoms with Crippen molar-refractivity contribution in [2.45, 2.75) is 59.0 Å². The van der Waals surface area contributed by atoms with Crippen molar-refractivity contribution >= 4 is 11.6 Å². The fraction of sp³-hybridized carbons (Fsp3) is 0.423. The molecule has 9 nitrogen and oxygen atoms in total. The zero-order chi connectivity index (χ0) is 24.7. The normalized spacial score (nSPS) is 16.4. The van der Waals surface area contributed by atoms with E-state index in [9.17, 15) is 5.11 Å². The molecule has 0 amide bonds. The zero-order valence-electron chi connectivity index (χ0n) is 20.9. The van der Waals surface area contributed by atoms with Crippen molar-refractivity contribution in [3.8, 4) is 28.3 Å². The topological polar surface area (TPSA) is 104 Å². The molecule has 0 aliphatic carbocycles. The number of aromatic hydroxyl groups is 1. The zero-order valence-corrected chi connectivity index (χ0v) is 20.9. The minimum absolute atomic E-state index is 0.0434. The van der Waals surface area contributed by atoms with Gasteiger partial charge in [0.05, 0.1) is 11.9 Å². The van der Waals surface area contributed by atoms with Crippen LogP contribution in [-0.2, 0) is 6.42 Å². The van der Waals surface area contributed by atoms with E-state index in [4.69, 9.17) is 0 Å². The maximum absolute atomic E-state index is 10.8. The first kappa shape index (κ1) is 23.2. The minimum atomic E-state index is 0.0434.